The van der Waals surface area contributed by atoms with Crippen molar-refractivity contribution in [1.82, 2.24) is 5.32 Å². The van der Waals surface area contributed by atoms with E-state index in [0.29, 0.717) is 6.54 Å². The van der Waals surface area contributed by atoms with Gasteiger partial charge < -0.3 is 5.32 Å². The Hall–Kier alpha value is -1.04. The van der Waals surface area contributed by atoms with E-state index in [4.69, 9.17) is 5.26 Å². The average Bonchev–Trinajstić information content (AvgIpc) is 1.65. The molecule has 1 aliphatic heterocycles. The zero-order chi connectivity index (χ0) is 5.28. The zero-order valence-electron chi connectivity index (χ0n) is 3.64. The van der Waals surface area contributed by atoms with E-state index in [2.05, 4.69) is 5.32 Å². The topological polar surface area (TPSA) is 52.9 Å². The molecule has 1 unspecified atom stereocenters. The van der Waals surface area contributed by atoms with Crippen LogP contribution in [0.25, 0.3) is 0 Å². The van der Waals surface area contributed by atoms with E-state index in [1.54, 1.807) is 0 Å². The minimum absolute atomic E-state index is 0.137. The summed E-state index contributed by atoms with van der Waals surface area (Å²) in [6, 6.07) is 1.84. The number of nitrogens with zero attached hydrogens (tertiary/aromatic N) is 1. The normalized spacial score (nSPS) is 27.3. The molecule has 1 rings (SSSR count). The van der Waals surface area contributed by atoms with Gasteiger partial charge in [0.2, 0.25) is 5.91 Å². The van der Waals surface area contributed by atoms with Gasteiger partial charge in [-0.3, -0.25) is 4.79 Å². The van der Waals surface area contributed by atoms with Crippen LogP contribution >= 0.6 is 0 Å². The highest BCUT2D eigenvalue weighted by Crippen LogP contribution is 2.00. The fourth-order valence-corrected chi connectivity index (χ4v) is 0.392. The van der Waals surface area contributed by atoms with Gasteiger partial charge in [-0.05, 0) is 0 Å². The van der Waals surface area contributed by atoms with Gasteiger partial charge in [0.15, 0.2) is 0 Å². The van der Waals surface area contributed by atoms with Gasteiger partial charge in [-0.2, -0.15) is 5.26 Å². The fourth-order valence-electron chi connectivity index (χ4n) is 0.392. The third-order valence-corrected chi connectivity index (χ3v) is 0.953. The smallest absolute Gasteiger partial charge is 0.239 e. The van der Waals surface area contributed by atoms with Crippen LogP contribution in [0, 0.1) is 17.2 Å². The summed E-state index contributed by atoms with van der Waals surface area (Å²) in [5, 5.41) is 10.5. The molecule has 3 heteroatoms. The van der Waals surface area contributed by atoms with Crippen molar-refractivity contribution in [2.24, 2.45) is 5.92 Å². The van der Waals surface area contributed by atoms with Crippen LogP contribution in [0.3, 0.4) is 0 Å². The first-order chi connectivity index (χ1) is 3.34. The number of hydrogen-bond acceptors (Lipinski definition) is 2. The van der Waals surface area contributed by atoms with Gasteiger partial charge in [-0.15, -0.1) is 0 Å². The number of nitrogens with one attached hydrogen (secondary N) is 1. The highest BCUT2D eigenvalue weighted by Gasteiger charge is 2.26. The SMILES string of the molecule is N#CC1CNC1=O. The molecule has 0 aromatic carbocycles. The Bertz CT molecular complexity index is 135. The number of hydrogen-bond donors (Lipinski definition) is 1. The lowest BCUT2D eigenvalue weighted by Gasteiger charge is -2.17. The third-order valence-electron chi connectivity index (χ3n) is 0.953. The molecule has 0 spiro atoms. The highest BCUT2D eigenvalue weighted by atomic mass is 16.2. The summed E-state index contributed by atoms with van der Waals surface area (Å²) in [6.07, 6.45) is 0. The lowest BCUT2D eigenvalue weighted by Crippen LogP contribution is -2.47. The summed E-state index contributed by atoms with van der Waals surface area (Å²) < 4.78 is 0. The second-order valence-electron chi connectivity index (χ2n) is 1.43. The van der Waals surface area contributed by atoms with Crippen LogP contribution in [-0.4, -0.2) is 12.5 Å². The molecule has 0 saturated carbocycles. The minimum atomic E-state index is -0.361. The molecular formula is C4H4N2O. The molecule has 0 bridgehead atoms. The van der Waals surface area contributed by atoms with E-state index in [-0.39, 0.29) is 11.8 Å². The summed E-state index contributed by atoms with van der Waals surface area (Å²) in [7, 11) is 0. The number of carbonyl (C=O) groups excluding carboxylic acids is 1. The summed E-state index contributed by atoms with van der Waals surface area (Å²) >= 11 is 0. The largest absolute Gasteiger partial charge is 0.353 e. The Balaban J connectivity index is 2.48. The summed E-state index contributed by atoms with van der Waals surface area (Å²) in [6.45, 7) is 0.537. The molecule has 1 atom stereocenters. The monoisotopic (exact) mass is 96.0 g/mol. The Kier molecular flexibility index (Phi) is 0.724. The van der Waals surface area contributed by atoms with Crippen LogP contribution in [0.15, 0.2) is 0 Å². The van der Waals surface area contributed by atoms with Crippen molar-refractivity contribution in [3.63, 3.8) is 0 Å². The van der Waals surface area contributed by atoms with Crippen LogP contribution in [0.2, 0.25) is 0 Å². The number of rotatable bonds is 0. The molecule has 0 radical (unpaired) electrons. The highest BCUT2D eigenvalue weighted by molar-refractivity contribution is 5.86. The molecule has 1 amide bonds. The second-order valence-corrected chi connectivity index (χ2v) is 1.43. The van der Waals surface area contributed by atoms with Crippen molar-refractivity contribution < 1.29 is 4.79 Å². The van der Waals surface area contributed by atoms with Crippen molar-refractivity contribution in [3.05, 3.63) is 0 Å². The maximum atomic E-state index is 10.1. The predicted molar refractivity (Wildman–Crippen MR) is 22.1 cm³/mol. The Morgan fingerprint density at radius 1 is 2.00 bits per heavy atom. The van der Waals surface area contributed by atoms with E-state index in [0.717, 1.165) is 0 Å². The standard InChI is InChI=1S/C4H4N2O/c5-1-3-2-6-4(3)7/h3H,2H2,(H,6,7). The molecule has 3 nitrogen and oxygen atoms in total. The van der Waals surface area contributed by atoms with Gasteiger partial charge in [-0.25, -0.2) is 0 Å². The van der Waals surface area contributed by atoms with Crippen LogP contribution in [0.4, 0.5) is 0 Å². The molecule has 7 heavy (non-hydrogen) atoms. The Labute approximate surface area is 40.9 Å². The van der Waals surface area contributed by atoms with E-state index in [9.17, 15) is 4.79 Å². The molecular weight excluding hydrogens is 92.1 g/mol. The number of nitriles is 1. The van der Waals surface area contributed by atoms with Gasteiger partial charge in [0.25, 0.3) is 0 Å². The quantitative estimate of drug-likeness (QED) is 0.403. The number of β-lactam (4-membered cyclic amide) rings is 1. The van der Waals surface area contributed by atoms with Crippen LogP contribution < -0.4 is 5.32 Å². The molecule has 1 saturated heterocycles. The summed E-state index contributed by atoms with van der Waals surface area (Å²) in [5.74, 6) is -0.498. The molecule has 1 aliphatic rings. The molecule has 36 valence electrons. The summed E-state index contributed by atoms with van der Waals surface area (Å²) in [4.78, 5) is 10.1. The Morgan fingerprint density at radius 3 is 2.71 bits per heavy atom. The van der Waals surface area contributed by atoms with Crippen LogP contribution in [0.1, 0.15) is 0 Å². The van der Waals surface area contributed by atoms with Crippen LogP contribution in [-0.2, 0) is 4.79 Å². The van der Waals surface area contributed by atoms with Crippen molar-refractivity contribution in [3.8, 4) is 6.07 Å². The van der Waals surface area contributed by atoms with Crippen molar-refractivity contribution in [1.29, 1.82) is 5.26 Å². The molecule has 1 heterocycles. The van der Waals surface area contributed by atoms with Crippen molar-refractivity contribution in [2.45, 2.75) is 0 Å². The molecule has 1 fully saturated rings. The third kappa shape index (κ3) is 0.438. The van der Waals surface area contributed by atoms with Gasteiger partial charge in [-0.1, -0.05) is 0 Å². The van der Waals surface area contributed by atoms with E-state index < -0.39 is 0 Å². The minimum Gasteiger partial charge on any atom is -0.353 e. The predicted octanol–water partition coefficient (Wildman–Crippen LogP) is -0.744. The average molecular weight is 96.1 g/mol. The van der Waals surface area contributed by atoms with Gasteiger partial charge in [0.1, 0.15) is 5.92 Å². The molecule has 0 aromatic heterocycles. The first kappa shape index (κ1) is 4.13. The first-order valence-electron chi connectivity index (χ1n) is 2.02. The summed E-state index contributed by atoms with van der Waals surface area (Å²) in [5.41, 5.74) is 0. The fraction of sp³-hybridized carbons (Fsp3) is 0.500. The van der Waals surface area contributed by atoms with E-state index in [1.165, 1.54) is 0 Å². The number of carbonyl (C=O) groups is 1. The lowest BCUT2D eigenvalue weighted by molar-refractivity contribution is -0.128. The van der Waals surface area contributed by atoms with E-state index >= 15 is 0 Å². The first-order valence-corrected chi connectivity index (χ1v) is 2.02. The lowest BCUT2D eigenvalue weighted by atomic mass is 10.1. The molecule has 0 aliphatic carbocycles. The zero-order valence-corrected chi connectivity index (χ0v) is 3.64. The molecule has 0 aromatic rings. The van der Waals surface area contributed by atoms with Crippen molar-refractivity contribution in [2.75, 3.05) is 6.54 Å². The van der Waals surface area contributed by atoms with Gasteiger partial charge in [0, 0.05) is 6.54 Å². The van der Waals surface area contributed by atoms with Gasteiger partial charge in [0.05, 0.1) is 6.07 Å². The van der Waals surface area contributed by atoms with Gasteiger partial charge >= 0.3 is 0 Å². The van der Waals surface area contributed by atoms with Crippen molar-refractivity contribution >= 4 is 5.91 Å². The molecule has 1 N–H and O–H groups in total. The maximum Gasteiger partial charge on any atom is 0.239 e. The van der Waals surface area contributed by atoms with Crippen LogP contribution in [0.5, 0.6) is 0 Å². The maximum absolute atomic E-state index is 10.1. The van der Waals surface area contributed by atoms with E-state index in [1.807, 2.05) is 6.07 Å². The Morgan fingerprint density at radius 2 is 2.71 bits per heavy atom. The number of amides is 1. The second kappa shape index (κ2) is 1.23.